The molecule has 0 spiro atoms. The molecule has 2 heterocycles. The van der Waals surface area contributed by atoms with E-state index in [0.29, 0.717) is 11.3 Å². The number of hydrogen-bond acceptors (Lipinski definition) is 4. The average molecular weight is 427 g/mol. The van der Waals surface area contributed by atoms with Crippen LogP contribution in [0.4, 0.5) is 14.5 Å². The Bertz CT molecular complexity index is 1120. The van der Waals surface area contributed by atoms with Gasteiger partial charge in [-0.2, -0.15) is 8.78 Å². The molecule has 31 heavy (non-hydrogen) atoms. The number of ether oxygens (including phenoxy) is 2. The zero-order valence-electron chi connectivity index (χ0n) is 17.1. The number of carbonyl (C=O) groups excluding carboxylic acids is 1. The highest BCUT2D eigenvalue weighted by molar-refractivity contribution is 6.02. The molecule has 0 radical (unpaired) electrons. The molecule has 6 nitrogen and oxygen atoms in total. The van der Waals surface area contributed by atoms with Crippen LogP contribution in [0, 0.1) is 0 Å². The van der Waals surface area contributed by atoms with Crippen molar-refractivity contribution in [1.29, 1.82) is 0 Å². The van der Waals surface area contributed by atoms with Crippen LogP contribution in [0.25, 0.3) is 17.1 Å². The van der Waals surface area contributed by atoms with Gasteiger partial charge < -0.3 is 19.4 Å². The number of nitrogens with zero attached hydrogens (tertiary/aromatic N) is 2. The zero-order valence-corrected chi connectivity index (χ0v) is 17.1. The van der Waals surface area contributed by atoms with Crippen LogP contribution < -0.4 is 14.8 Å². The molecule has 1 aliphatic heterocycles. The van der Waals surface area contributed by atoms with E-state index in [1.54, 1.807) is 12.1 Å². The van der Waals surface area contributed by atoms with Crippen molar-refractivity contribution in [3.05, 3.63) is 53.9 Å². The lowest BCUT2D eigenvalue weighted by Gasteiger charge is -2.10. The summed E-state index contributed by atoms with van der Waals surface area (Å²) >= 11 is 0. The van der Waals surface area contributed by atoms with E-state index in [0.717, 1.165) is 42.7 Å². The second-order valence-corrected chi connectivity index (χ2v) is 7.31. The summed E-state index contributed by atoms with van der Waals surface area (Å²) in [5.74, 6) is 0.884. The van der Waals surface area contributed by atoms with Gasteiger partial charge in [-0.3, -0.25) is 4.79 Å². The molecule has 0 saturated carbocycles. The topological polar surface area (TPSA) is 65.4 Å². The van der Waals surface area contributed by atoms with Crippen molar-refractivity contribution >= 4 is 28.7 Å². The van der Waals surface area contributed by atoms with Gasteiger partial charge in [0.25, 0.3) is 0 Å². The molecule has 0 bridgehead atoms. The fraction of sp³-hybridized carbons (Fsp3) is 0.304. The number of aryl methyl sites for hydroxylation is 2. The lowest BCUT2D eigenvalue weighted by molar-refractivity contribution is -0.111. The summed E-state index contributed by atoms with van der Waals surface area (Å²) in [7, 11) is 1.36. The van der Waals surface area contributed by atoms with Gasteiger partial charge in [-0.25, -0.2) is 4.98 Å². The maximum absolute atomic E-state index is 12.4. The number of imidazole rings is 1. The molecule has 1 N–H and O–H groups in total. The number of alkyl halides is 2. The second kappa shape index (κ2) is 9.16. The van der Waals surface area contributed by atoms with Crippen molar-refractivity contribution in [3.63, 3.8) is 0 Å². The van der Waals surface area contributed by atoms with E-state index in [2.05, 4.69) is 14.6 Å². The van der Waals surface area contributed by atoms with Gasteiger partial charge >= 0.3 is 6.61 Å². The number of anilines is 1. The lowest BCUT2D eigenvalue weighted by atomic mass is 10.2. The van der Waals surface area contributed by atoms with Crippen molar-refractivity contribution in [3.8, 4) is 11.5 Å². The third-order valence-electron chi connectivity index (χ3n) is 5.21. The molecule has 3 aromatic rings. The van der Waals surface area contributed by atoms with Crippen molar-refractivity contribution in [2.24, 2.45) is 0 Å². The summed E-state index contributed by atoms with van der Waals surface area (Å²) < 4.78 is 36.6. The van der Waals surface area contributed by atoms with Gasteiger partial charge in [-0.1, -0.05) is 12.5 Å². The van der Waals surface area contributed by atoms with Crippen molar-refractivity contribution in [2.45, 2.75) is 38.8 Å². The Hall–Kier alpha value is -3.42. The van der Waals surface area contributed by atoms with Crippen LogP contribution in [-0.4, -0.2) is 29.2 Å². The molecule has 1 aromatic heterocycles. The van der Waals surface area contributed by atoms with Gasteiger partial charge in [0, 0.05) is 24.7 Å². The average Bonchev–Trinajstić information content (AvgIpc) is 2.92. The summed E-state index contributed by atoms with van der Waals surface area (Å²) in [5, 5.41) is 2.83. The predicted octanol–water partition coefficient (Wildman–Crippen LogP) is 5.02. The molecule has 4 rings (SSSR count). The molecule has 162 valence electrons. The smallest absolute Gasteiger partial charge is 0.387 e. The number of fused-ring (bicyclic) bond motifs is 3. The van der Waals surface area contributed by atoms with Crippen LogP contribution >= 0.6 is 0 Å². The molecule has 0 atom stereocenters. The van der Waals surface area contributed by atoms with Crippen molar-refractivity contribution in [1.82, 2.24) is 9.55 Å². The summed E-state index contributed by atoms with van der Waals surface area (Å²) in [6, 6.07) is 10.2. The fourth-order valence-corrected chi connectivity index (χ4v) is 3.76. The highest BCUT2D eigenvalue weighted by Crippen LogP contribution is 2.30. The molecule has 0 aliphatic carbocycles. The Morgan fingerprint density at radius 1 is 1.16 bits per heavy atom. The Kier molecular flexibility index (Phi) is 6.16. The van der Waals surface area contributed by atoms with E-state index in [1.807, 2.05) is 18.2 Å². The number of aromatic nitrogens is 2. The Labute approximate surface area is 178 Å². The normalized spacial score (nSPS) is 13.9. The third-order valence-corrected chi connectivity index (χ3v) is 5.21. The van der Waals surface area contributed by atoms with Crippen molar-refractivity contribution < 1.29 is 23.0 Å². The minimum Gasteiger partial charge on any atom is -0.493 e. The molecular formula is C23H23F2N3O3. The van der Waals surface area contributed by atoms with Crippen molar-refractivity contribution in [2.75, 3.05) is 12.4 Å². The van der Waals surface area contributed by atoms with Crippen LogP contribution in [0.15, 0.2) is 42.5 Å². The van der Waals surface area contributed by atoms with E-state index in [9.17, 15) is 13.6 Å². The van der Waals surface area contributed by atoms with E-state index < -0.39 is 6.61 Å². The Balaban J connectivity index is 1.46. The first-order chi connectivity index (χ1) is 15.0. The molecule has 0 saturated heterocycles. The number of nitrogens with one attached hydrogen (secondary N) is 1. The first kappa shape index (κ1) is 20.8. The van der Waals surface area contributed by atoms with Gasteiger partial charge in [0.1, 0.15) is 5.82 Å². The Morgan fingerprint density at radius 3 is 2.84 bits per heavy atom. The number of rotatable bonds is 6. The quantitative estimate of drug-likeness (QED) is 0.561. The van der Waals surface area contributed by atoms with Crippen LogP contribution in [0.3, 0.4) is 0 Å². The van der Waals surface area contributed by atoms with E-state index >= 15 is 0 Å². The summed E-state index contributed by atoms with van der Waals surface area (Å²) in [6.07, 6.45) is 7.44. The number of halogens is 2. The second-order valence-electron chi connectivity index (χ2n) is 7.31. The van der Waals surface area contributed by atoms with Crippen LogP contribution in [0.5, 0.6) is 11.5 Å². The minimum absolute atomic E-state index is 0.0640. The van der Waals surface area contributed by atoms with E-state index in [4.69, 9.17) is 9.72 Å². The molecule has 0 unspecified atom stereocenters. The number of carbonyl (C=O) groups is 1. The molecule has 1 aliphatic rings. The molecule has 2 aromatic carbocycles. The fourth-order valence-electron chi connectivity index (χ4n) is 3.76. The lowest BCUT2D eigenvalue weighted by Crippen LogP contribution is -2.07. The number of benzene rings is 2. The van der Waals surface area contributed by atoms with Crippen LogP contribution in [0.2, 0.25) is 0 Å². The number of amides is 1. The SMILES string of the molecule is COc1cc(C=CC(=O)Nc2ccc3c(c2)nc2n3CCCCC2)ccc1OC(F)F. The molecule has 0 fully saturated rings. The summed E-state index contributed by atoms with van der Waals surface area (Å²) in [5.41, 5.74) is 3.23. The first-order valence-corrected chi connectivity index (χ1v) is 10.1. The van der Waals surface area contributed by atoms with Gasteiger partial charge in [0.15, 0.2) is 11.5 Å². The summed E-state index contributed by atoms with van der Waals surface area (Å²) in [6.45, 7) is -1.96. The van der Waals surface area contributed by atoms with E-state index in [1.165, 1.54) is 31.7 Å². The maximum Gasteiger partial charge on any atom is 0.387 e. The van der Waals surface area contributed by atoms with Gasteiger partial charge in [-0.15, -0.1) is 0 Å². The minimum atomic E-state index is -2.94. The van der Waals surface area contributed by atoms with E-state index in [-0.39, 0.29) is 17.4 Å². The molecule has 1 amide bonds. The predicted molar refractivity (Wildman–Crippen MR) is 115 cm³/mol. The largest absolute Gasteiger partial charge is 0.493 e. The number of hydrogen-bond donors (Lipinski definition) is 1. The highest BCUT2D eigenvalue weighted by atomic mass is 19.3. The van der Waals surface area contributed by atoms with Crippen LogP contribution in [-0.2, 0) is 17.8 Å². The van der Waals surface area contributed by atoms with Gasteiger partial charge in [-0.05, 0) is 54.8 Å². The molecular weight excluding hydrogens is 404 g/mol. The van der Waals surface area contributed by atoms with Crippen LogP contribution in [0.1, 0.15) is 30.7 Å². The standard InChI is InChI=1S/C23H23F2N3O3/c1-30-20-13-15(6-10-19(20)31-23(24)25)7-11-22(29)26-16-8-9-18-17(14-16)27-21-5-3-2-4-12-28(18)21/h6-11,13-14,23H,2-5,12H2,1H3,(H,26,29). The first-order valence-electron chi connectivity index (χ1n) is 10.1. The summed E-state index contributed by atoms with van der Waals surface area (Å²) in [4.78, 5) is 17.1. The Morgan fingerprint density at radius 2 is 2.03 bits per heavy atom. The highest BCUT2D eigenvalue weighted by Gasteiger charge is 2.14. The number of methoxy groups -OCH3 is 1. The molecule has 8 heteroatoms. The maximum atomic E-state index is 12.4. The van der Waals surface area contributed by atoms with Gasteiger partial charge in [0.05, 0.1) is 18.1 Å². The zero-order chi connectivity index (χ0) is 21.8. The third kappa shape index (κ3) is 4.84. The monoisotopic (exact) mass is 427 g/mol. The van der Waals surface area contributed by atoms with Gasteiger partial charge in [0.2, 0.25) is 5.91 Å².